The Hall–Kier alpha value is -0.0900. The third kappa shape index (κ3) is 3.96. The molecule has 0 aliphatic rings. The minimum absolute atomic E-state index is 0.399. The predicted molar refractivity (Wildman–Crippen MR) is 60.8 cm³/mol. The molecule has 0 bridgehead atoms. The maximum atomic E-state index is 11.9. The Balaban J connectivity index is 4.79. The van der Waals surface area contributed by atoms with Gasteiger partial charge in [0.05, 0.1) is 4.75 Å². The molecule has 0 rings (SSSR count). The van der Waals surface area contributed by atoms with Crippen molar-refractivity contribution < 1.29 is 8.42 Å². The first kappa shape index (κ1) is 13.9. The zero-order valence-electron chi connectivity index (χ0n) is 10.1. The SMILES string of the molecule is CCCC(C)(C)S(=O)(=O)NC(C)(C)C. The van der Waals surface area contributed by atoms with E-state index in [1.807, 2.05) is 27.7 Å². The van der Waals surface area contributed by atoms with E-state index in [2.05, 4.69) is 4.72 Å². The molecule has 0 amide bonds. The van der Waals surface area contributed by atoms with E-state index in [-0.39, 0.29) is 0 Å². The lowest BCUT2D eigenvalue weighted by molar-refractivity contribution is 0.458. The minimum Gasteiger partial charge on any atom is -0.212 e. The van der Waals surface area contributed by atoms with Crippen LogP contribution in [0.25, 0.3) is 0 Å². The Labute approximate surface area is 88.3 Å². The maximum absolute atomic E-state index is 11.9. The number of hydrogen-bond acceptors (Lipinski definition) is 2. The summed E-state index contributed by atoms with van der Waals surface area (Å²) in [5.74, 6) is 0. The molecular weight excluding hydrogens is 198 g/mol. The van der Waals surface area contributed by atoms with Gasteiger partial charge in [0.1, 0.15) is 0 Å². The summed E-state index contributed by atoms with van der Waals surface area (Å²) in [6.45, 7) is 11.1. The van der Waals surface area contributed by atoms with Gasteiger partial charge < -0.3 is 0 Å². The number of hydrogen-bond donors (Lipinski definition) is 1. The molecule has 0 aliphatic carbocycles. The van der Waals surface area contributed by atoms with E-state index in [1.165, 1.54) is 0 Å². The smallest absolute Gasteiger partial charge is 0.212 e. The molecule has 0 saturated heterocycles. The van der Waals surface area contributed by atoms with Crippen molar-refractivity contribution in [3.63, 3.8) is 0 Å². The number of rotatable bonds is 4. The van der Waals surface area contributed by atoms with Crippen molar-refractivity contribution in [3.8, 4) is 0 Å². The summed E-state index contributed by atoms with van der Waals surface area (Å²) >= 11 is 0. The summed E-state index contributed by atoms with van der Waals surface area (Å²) in [6.07, 6.45) is 1.55. The number of sulfonamides is 1. The third-order valence-corrected chi connectivity index (χ3v) is 4.56. The van der Waals surface area contributed by atoms with E-state index in [9.17, 15) is 8.42 Å². The van der Waals surface area contributed by atoms with Crippen molar-refractivity contribution in [2.75, 3.05) is 0 Å². The Kier molecular flexibility index (Phi) is 4.16. The highest BCUT2D eigenvalue weighted by Gasteiger charge is 2.35. The molecule has 4 heteroatoms. The molecule has 0 saturated carbocycles. The van der Waals surface area contributed by atoms with Crippen molar-refractivity contribution in [2.24, 2.45) is 0 Å². The molecule has 0 aromatic carbocycles. The van der Waals surface area contributed by atoms with Gasteiger partial charge in [0.25, 0.3) is 0 Å². The van der Waals surface area contributed by atoms with Crippen LogP contribution in [0.2, 0.25) is 0 Å². The lowest BCUT2D eigenvalue weighted by Gasteiger charge is -2.30. The van der Waals surface area contributed by atoms with Crippen LogP contribution >= 0.6 is 0 Å². The standard InChI is InChI=1S/C10H23NO2S/c1-7-8-10(5,6)14(12,13)11-9(2,3)4/h11H,7-8H2,1-6H3. The molecule has 0 radical (unpaired) electrons. The van der Waals surface area contributed by atoms with Crippen LogP contribution in [0.15, 0.2) is 0 Å². The van der Waals surface area contributed by atoms with Gasteiger partial charge in [-0.1, -0.05) is 13.3 Å². The van der Waals surface area contributed by atoms with Crippen LogP contribution in [0.5, 0.6) is 0 Å². The quantitative estimate of drug-likeness (QED) is 0.791. The van der Waals surface area contributed by atoms with E-state index < -0.39 is 20.3 Å². The van der Waals surface area contributed by atoms with Crippen LogP contribution in [0.3, 0.4) is 0 Å². The lowest BCUT2D eigenvalue weighted by atomic mass is 10.1. The zero-order valence-corrected chi connectivity index (χ0v) is 11.0. The summed E-state index contributed by atoms with van der Waals surface area (Å²) in [6, 6.07) is 0. The fourth-order valence-electron chi connectivity index (χ4n) is 1.28. The molecule has 86 valence electrons. The Morgan fingerprint density at radius 2 is 1.50 bits per heavy atom. The van der Waals surface area contributed by atoms with Crippen molar-refractivity contribution in [2.45, 2.75) is 64.7 Å². The molecule has 1 N–H and O–H groups in total. The van der Waals surface area contributed by atoms with Gasteiger partial charge in [0, 0.05) is 5.54 Å². The molecule has 0 atom stereocenters. The first-order valence-corrected chi connectivity index (χ1v) is 6.54. The molecule has 14 heavy (non-hydrogen) atoms. The highest BCUT2D eigenvalue weighted by atomic mass is 32.2. The molecule has 0 fully saturated rings. The van der Waals surface area contributed by atoms with Crippen LogP contribution in [0.1, 0.15) is 54.4 Å². The highest BCUT2D eigenvalue weighted by Crippen LogP contribution is 2.23. The summed E-state index contributed by atoms with van der Waals surface area (Å²) in [4.78, 5) is 0. The highest BCUT2D eigenvalue weighted by molar-refractivity contribution is 7.90. The van der Waals surface area contributed by atoms with Gasteiger partial charge in [0.15, 0.2) is 0 Å². The second-order valence-corrected chi connectivity index (χ2v) is 7.68. The summed E-state index contributed by atoms with van der Waals surface area (Å²) < 4.78 is 25.9. The van der Waals surface area contributed by atoms with E-state index in [4.69, 9.17) is 0 Å². The van der Waals surface area contributed by atoms with Gasteiger partial charge in [-0.05, 0) is 41.0 Å². The van der Waals surface area contributed by atoms with E-state index in [0.29, 0.717) is 6.42 Å². The minimum atomic E-state index is -3.23. The van der Waals surface area contributed by atoms with Crippen LogP contribution in [-0.2, 0) is 10.0 Å². The van der Waals surface area contributed by atoms with Crippen molar-refractivity contribution in [3.05, 3.63) is 0 Å². The van der Waals surface area contributed by atoms with Crippen LogP contribution in [0.4, 0.5) is 0 Å². The zero-order chi connectivity index (χ0) is 11.6. The lowest BCUT2D eigenvalue weighted by Crippen LogP contribution is -2.49. The Morgan fingerprint density at radius 1 is 1.07 bits per heavy atom. The van der Waals surface area contributed by atoms with Crippen LogP contribution in [0, 0.1) is 0 Å². The van der Waals surface area contributed by atoms with Gasteiger partial charge in [-0.3, -0.25) is 0 Å². The molecule has 0 aliphatic heterocycles. The largest absolute Gasteiger partial charge is 0.217 e. The summed E-state index contributed by atoms with van der Waals surface area (Å²) in [5, 5.41) is 0. The van der Waals surface area contributed by atoms with E-state index in [0.717, 1.165) is 6.42 Å². The summed E-state index contributed by atoms with van der Waals surface area (Å²) in [7, 11) is -3.23. The molecule has 0 unspecified atom stereocenters. The van der Waals surface area contributed by atoms with Crippen molar-refractivity contribution in [1.82, 2.24) is 4.72 Å². The van der Waals surface area contributed by atoms with Gasteiger partial charge in [-0.2, -0.15) is 0 Å². The fraction of sp³-hybridized carbons (Fsp3) is 1.00. The first-order chi connectivity index (χ1) is 6.02. The molecule has 0 aromatic heterocycles. The average molecular weight is 221 g/mol. The van der Waals surface area contributed by atoms with Crippen LogP contribution in [-0.4, -0.2) is 18.7 Å². The van der Waals surface area contributed by atoms with Gasteiger partial charge >= 0.3 is 0 Å². The second kappa shape index (κ2) is 4.19. The number of nitrogens with one attached hydrogen (secondary N) is 1. The van der Waals surface area contributed by atoms with Gasteiger partial charge in [0.2, 0.25) is 10.0 Å². The summed E-state index contributed by atoms with van der Waals surface area (Å²) in [5.41, 5.74) is -0.399. The normalized spacial score (nSPS) is 14.4. The van der Waals surface area contributed by atoms with Crippen molar-refractivity contribution in [1.29, 1.82) is 0 Å². The van der Waals surface area contributed by atoms with Gasteiger partial charge in [-0.15, -0.1) is 0 Å². The molecule has 0 aromatic rings. The molecule has 3 nitrogen and oxygen atoms in total. The second-order valence-electron chi connectivity index (χ2n) is 5.37. The van der Waals surface area contributed by atoms with Gasteiger partial charge in [-0.25, -0.2) is 13.1 Å². The Bertz CT molecular complexity index is 273. The first-order valence-electron chi connectivity index (χ1n) is 5.05. The third-order valence-electron chi connectivity index (χ3n) is 2.02. The van der Waals surface area contributed by atoms with Crippen LogP contribution < -0.4 is 4.72 Å². The maximum Gasteiger partial charge on any atom is 0.217 e. The Morgan fingerprint density at radius 3 is 1.79 bits per heavy atom. The monoisotopic (exact) mass is 221 g/mol. The van der Waals surface area contributed by atoms with E-state index in [1.54, 1.807) is 13.8 Å². The molecular formula is C10H23NO2S. The topological polar surface area (TPSA) is 46.2 Å². The molecule has 0 heterocycles. The predicted octanol–water partition coefficient (Wildman–Crippen LogP) is 2.28. The molecule has 0 spiro atoms. The fourth-order valence-corrected chi connectivity index (χ4v) is 2.83. The van der Waals surface area contributed by atoms with Crippen molar-refractivity contribution >= 4 is 10.0 Å². The van der Waals surface area contributed by atoms with E-state index >= 15 is 0 Å². The average Bonchev–Trinajstić information content (AvgIpc) is 1.79.